The molecule has 0 bridgehead atoms. The smallest absolute Gasteiger partial charge is 0.330 e. The van der Waals surface area contributed by atoms with Crippen molar-refractivity contribution in [2.24, 2.45) is 5.10 Å². The van der Waals surface area contributed by atoms with Crippen LogP contribution in [0, 0.1) is 6.92 Å². The van der Waals surface area contributed by atoms with Crippen molar-refractivity contribution in [1.82, 2.24) is 30.1 Å². The highest BCUT2D eigenvalue weighted by Gasteiger charge is 2.41. The van der Waals surface area contributed by atoms with E-state index >= 15 is 0 Å². The molecular weight excluding hydrogens is 451 g/mol. The fraction of sp³-hybridized carbons (Fsp3) is 0.409. The first-order valence-electron chi connectivity index (χ1n) is 10.7. The maximum Gasteiger partial charge on any atom is 0.451 e. The molecule has 1 saturated heterocycles. The van der Waals surface area contributed by atoms with Crippen LogP contribution in [-0.2, 0) is 6.18 Å². The summed E-state index contributed by atoms with van der Waals surface area (Å²) in [5.41, 5.74) is 2.79. The van der Waals surface area contributed by atoms with Gasteiger partial charge in [0.2, 0.25) is 5.82 Å². The molecule has 2 atom stereocenters. The van der Waals surface area contributed by atoms with Gasteiger partial charge in [-0.15, -0.1) is 0 Å². The van der Waals surface area contributed by atoms with Gasteiger partial charge >= 0.3 is 18.2 Å². The lowest BCUT2D eigenvalue weighted by Crippen LogP contribution is -2.47. The van der Waals surface area contributed by atoms with E-state index in [2.05, 4.69) is 20.4 Å². The van der Waals surface area contributed by atoms with E-state index in [1.54, 1.807) is 23.8 Å². The van der Waals surface area contributed by atoms with Gasteiger partial charge in [0.15, 0.2) is 0 Å². The summed E-state index contributed by atoms with van der Waals surface area (Å²) in [5, 5.41) is 8.47. The van der Waals surface area contributed by atoms with Gasteiger partial charge in [0.1, 0.15) is 0 Å². The summed E-state index contributed by atoms with van der Waals surface area (Å²) in [6.07, 6.45) is -2.57. The third-order valence-corrected chi connectivity index (χ3v) is 5.86. The molecule has 12 heteroatoms. The van der Waals surface area contributed by atoms with Gasteiger partial charge in [-0.25, -0.2) is 24.6 Å². The highest BCUT2D eigenvalue weighted by Crippen LogP contribution is 2.26. The number of urea groups is 2. The normalized spacial score (nSPS) is 19.5. The fourth-order valence-electron chi connectivity index (χ4n) is 3.85. The van der Waals surface area contributed by atoms with Crippen molar-refractivity contribution in [2.45, 2.75) is 32.1 Å². The van der Waals surface area contributed by atoms with Crippen molar-refractivity contribution < 1.29 is 22.8 Å². The van der Waals surface area contributed by atoms with E-state index in [4.69, 9.17) is 0 Å². The minimum atomic E-state index is -4.64. The van der Waals surface area contributed by atoms with Crippen LogP contribution >= 0.6 is 0 Å². The summed E-state index contributed by atoms with van der Waals surface area (Å²) in [6, 6.07) is 5.90. The zero-order chi connectivity index (χ0) is 24.6. The Balaban J connectivity index is 1.53. The van der Waals surface area contributed by atoms with E-state index in [0.717, 1.165) is 23.5 Å². The molecule has 3 heterocycles. The number of carbonyl (C=O) groups is 2. The highest BCUT2D eigenvalue weighted by molar-refractivity contribution is 6.08. The molecule has 180 valence electrons. The predicted octanol–water partition coefficient (Wildman–Crippen LogP) is 3.03. The summed E-state index contributed by atoms with van der Waals surface area (Å²) in [6.45, 7) is 4.82. The first-order valence-corrected chi connectivity index (χ1v) is 10.7. The lowest BCUT2D eigenvalue weighted by atomic mass is 10.0. The molecular formula is C22H24F3N7O2. The summed E-state index contributed by atoms with van der Waals surface area (Å²) in [5.74, 6) is -1.25. The molecule has 2 aliphatic rings. The third kappa shape index (κ3) is 4.66. The largest absolute Gasteiger partial charge is 0.451 e. The molecule has 0 radical (unpaired) electrons. The molecule has 4 amide bonds. The summed E-state index contributed by atoms with van der Waals surface area (Å²) in [7, 11) is 1.72. The van der Waals surface area contributed by atoms with Crippen LogP contribution in [0.3, 0.4) is 0 Å². The van der Waals surface area contributed by atoms with E-state index < -0.39 is 30.1 Å². The summed E-state index contributed by atoms with van der Waals surface area (Å²) < 4.78 is 38.1. The Bertz CT molecular complexity index is 1100. The zero-order valence-corrected chi connectivity index (χ0v) is 18.9. The number of nitrogens with zero attached hydrogens (tertiary/aromatic N) is 6. The Morgan fingerprint density at radius 1 is 1.15 bits per heavy atom. The van der Waals surface area contributed by atoms with Gasteiger partial charge in [-0.05, 0) is 19.4 Å². The van der Waals surface area contributed by atoms with Gasteiger partial charge in [0, 0.05) is 38.1 Å². The van der Waals surface area contributed by atoms with E-state index in [-0.39, 0.29) is 12.6 Å². The van der Waals surface area contributed by atoms with Gasteiger partial charge < -0.3 is 15.1 Å². The van der Waals surface area contributed by atoms with Gasteiger partial charge in [-0.2, -0.15) is 18.3 Å². The first-order chi connectivity index (χ1) is 16.0. The fourth-order valence-corrected chi connectivity index (χ4v) is 3.85. The van der Waals surface area contributed by atoms with Crippen molar-refractivity contribution in [3.05, 3.63) is 59.2 Å². The average molecular weight is 475 g/mol. The van der Waals surface area contributed by atoms with Crippen LogP contribution in [0.1, 0.15) is 35.5 Å². The topological polar surface area (TPSA) is 94.0 Å². The SMILES string of the molecule is Cc1ccc(C2=NN(C(=O)N[C@H](C)c3cnc(C(F)(F)F)nc3)C[C@H]2N2CCN(C)C2=O)cc1. The number of amides is 4. The highest BCUT2D eigenvalue weighted by atomic mass is 19.4. The number of rotatable bonds is 4. The molecule has 9 nitrogen and oxygen atoms in total. The lowest BCUT2D eigenvalue weighted by Gasteiger charge is -2.25. The van der Waals surface area contributed by atoms with E-state index in [1.165, 1.54) is 5.01 Å². The van der Waals surface area contributed by atoms with Crippen molar-refractivity contribution in [3.63, 3.8) is 0 Å². The van der Waals surface area contributed by atoms with E-state index in [9.17, 15) is 22.8 Å². The first kappa shape index (κ1) is 23.5. The minimum Gasteiger partial charge on any atom is -0.330 e. The number of nitrogens with one attached hydrogen (secondary N) is 1. The van der Waals surface area contributed by atoms with Crippen LogP contribution in [0.2, 0.25) is 0 Å². The molecule has 1 N–H and O–H groups in total. The maximum atomic E-state index is 13.0. The predicted molar refractivity (Wildman–Crippen MR) is 117 cm³/mol. The number of benzene rings is 1. The van der Waals surface area contributed by atoms with Crippen LogP contribution in [0.4, 0.5) is 22.8 Å². The second-order valence-electron chi connectivity index (χ2n) is 8.36. The zero-order valence-electron chi connectivity index (χ0n) is 18.9. The number of hydrazone groups is 1. The molecule has 0 unspecified atom stereocenters. The van der Waals surface area contributed by atoms with Crippen LogP contribution in [0.5, 0.6) is 0 Å². The molecule has 0 saturated carbocycles. The van der Waals surface area contributed by atoms with Crippen LogP contribution < -0.4 is 5.32 Å². The number of hydrogen-bond donors (Lipinski definition) is 1. The summed E-state index contributed by atoms with van der Waals surface area (Å²) in [4.78, 5) is 35.6. The van der Waals surface area contributed by atoms with E-state index in [0.29, 0.717) is 24.4 Å². The Labute approximate surface area is 194 Å². The standard InChI is InChI=1S/C22H24F3N7O2/c1-13-4-6-15(7-5-13)18-17(31-9-8-30(3)21(31)34)12-32(29-18)20(33)28-14(2)16-10-26-19(27-11-16)22(23,24)25/h4-7,10-11,14,17H,8-9,12H2,1-3H3,(H,28,33)/t14-,17-/m1/s1. The van der Waals surface area contributed by atoms with Gasteiger partial charge in [-0.3, -0.25) is 0 Å². The average Bonchev–Trinajstić information content (AvgIpc) is 3.37. The number of likely N-dealkylation sites (N-methyl/N-ethyl adjacent to an activating group) is 1. The molecule has 0 spiro atoms. The van der Waals surface area contributed by atoms with Crippen molar-refractivity contribution in [3.8, 4) is 0 Å². The number of carbonyl (C=O) groups excluding carboxylic acids is 2. The Morgan fingerprint density at radius 2 is 1.79 bits per heavy atom. The molecule has 34 heavy (non-hydrogen) atoms. The number of halogens is 3. The molecule has 2 aromatic rings. The lowest BCUT2D eigenvalue weighted by molar-refractivity contribution is -0.145. The third-order valence-electron chi connectivity index (χ3n) is 5.86. The van der Waals surface area contributed by atoms with Crippen LogP contribution in [0.15, 0.2) is 41.8 Å². The molecule has 1 aromatic carbocycles. The van der Waals surface area contributed by atoms with Crippen LogP contribution in [0.25, 0.3) is 0 Å². The minimum absolute atomic E-state index is 0.137. The van der Waals surface area contributed by atoms with Crippen molar-refractivity contribution >= 4 is 17.8 Å². The monoisotopic (exact) mass is 475 g/mol. The molecule has 0 aliphatic carbocycles. The Hall–Kier alpha value is -3.70. The van der Waals surface area contributed by atoms with Crippen LogP contribution in [-0.4, -0.2) is 75.3 Å². The number of aromatic nitrogens is 2. The van der Waals surface area contributed by atoms with Gasteiger partial charge in [0.05, 0.1) is 24.3 Å². The second-order valence-corrected chi connectivity index (χ2v) is 8.36. The molecule has 1 fully saturated rings. The van der Waals surface area contributed by atoms with Crippen molar-refractivity contribution in [2.75, 3.05) is 26.7 Å². The van der Waals surface area contributed by atoms with Crippen molar-refractivity contribution in [1.29, 1.82) is 0 Å². The van der Waals surface area contributed by atoms with Gasteiger partial charge in [0.25, 0.3) is 0 Å². The van der Waals surface area contributed by atoms with Gasteiger partial charge in [-0.1, -0.05) is 29.8 Å². The quantitative estimate of drug-likeness (QED) is 0.736. The maximum absolute atomic E-state index is 13.0. The molecule has 1 aromatic heterocycles. The second kappa shape index (κ2) is 8.92. The number of alkyl halides is 3. The molecule has 4 rings (SSSR count). The number of hydrogen-bond acceptors (Lipinski definition) is 5. The Kier molecular flexibility index (Phi) is 6.15. The number of aryl methyl sites for hydroxylation is 1. The Morgan fingerprint density at radius 3 is 2.35 bits per heavy atom. The van der Waals surface area contributed by atoms with E-state index in [1.807, 2.05) is 31.2 Å². The molecule has 2 aliphatic heterocycles. The summed E-state index contributed by atoms with van der Waals surface area (Å²) >= 11 is 0.